The predicted molar refractivity (Wildman–Crippen MR) is 73.8 cm³/mol. The summed E-state index contributed by atoms with van der Waals surface area (Å²) in [6.45, 7) is 0. The Kier molecular flexibility index (Phi) is 4.91. The minimum absolute atomic E-state index is 0.125. The number of hydrogen-bond acceptors (Lipinski definition) is 1. The van der Waals surface area contributed by atoms with Crippen molar-refractivity contribution in [3.63, 3.8) is 0 Å². The molecule has 0 saturated heterocycles. The molecule has 1 aromatic rings. The Morgan fingerprint density at radius 3 is 2.38 bits per heavy atom. The van der Waals surface area contributed by atoms with Gasteiger partial charge in [-0.15, -0.1) is 0 Å². The van der Waals surface area contributed by atoms with Gasteiger partial charge in [-0.25, -0.2) is 4.39 Å². The highest BCUT2D eigenvalue weighted by Gasteiger charge is 2.36. The maximum atomic E-state index is 13.8. The van der Waals surface area contributed by atoms with E-state index in [9.17, 15) is 22.4 Å². The SMILES string of the molecule is O=C(NC1CCC(Br)CC1)c1cccc(C(F)(F)F)c1F. The van der Waals surface area contributed by atoms with Crippen LogP contribution in [0.5, 0.6) is 0 Å². The smallest absolute Gasteiger partial charge is 0.349 e. The number of alkyl halides is 4. The molecule has 0 spiro atoms. The van der Waals surface area contributed by atoms with Gasteiger partial charge in [0.25, 0.3) is 5.91 Å². The van der Waals surface area contributed by atoms with Crippen molar-refractivity contribution in [2.75, 3.05) is 0 Å². The van der Waals surface area contributed by atoms with Gasteiger partial charge in [-0.05, 0) is 37.8 Å². The first-order chi connectivity index (χ1) is 9.79. The molecule has 0 atom stereocenters. The van der Waals surface area contributed by atoms with Crippen molar-refractivity contribution in [3.8, 4) is 0 Å². The van der Waals surface area contributed by atoms with E-state index < -0.39 is 29.0 Å². The van der Waals surface area contributed by atoms with Crippen LogP contribution in [-0.4, -0.2) is 16.8 Å². The maximum Gasteiger partial charge on any atom is 0.419 e. The minimum atomic E-state index is -4.81. The number of amides is 1. The van der Waals surface area contributed by atoms with Gasteiger partial charge in [-0.3, -0.25) is 4.79 Å². The molecule has 2 rings (SSSR count). The third-order valence-electron chi connectivity index (χ3n) is 3.54. The van der Waals surface area contributed by atoms with Gasteiger partial charge < -0.3 is 5.32 Å². The number of hydrogen-bond donors (Lipinski definition) is 1. The summed E-state index contributed by atoms with van der Waals surface area (Å²) >= 11 is 3.47. The molecular formula is C14H14BrF4NO. The van der Waals surface area contributed by atoms with Gasteiger partial charge in [-0.2, -0.15) is 13.2 Å². The quantitative estimate of drug-likeness (QED) is 0.613. The summed E-state index contributed by atoms with van der Waals surface area (Å²) in [6.07, 6.45) is -1.62. The monoisotopic (exact) mass is 367 g/mol. The Labute approximate surface area is 128 Å². The van der Waals surface area contributed by atoms with Crippen LogP contribution in [0.25, 0.3) is 0 Å². The van der Waals surface area contributed by atoms with Crippen LogP contribution in [-0.2, 0) is 6.18 Å². The maximum absolute atomic E-state index is 13.8. The Morgan fingerprint density at radius 2 is 1.81 bits per heavy atom. The van der Waals surface area contributed by atoms with E-state index in [-0.39, 0.29) is 6.04 Å². The minimum Gasteiger partial charge on any atom is -0.349 e. The first-order valence-corrected chi connectivity index (χ1v) is 7.51. The molecule has 0 radical (unpaired) electrons. The lowest BCUT2D eigenvalue weighted by molar-refractivity contribution is -0.140. The molecule has 0 unspecified atom stereocenters. The fourth-order valence-corrected chi connectivity index (χ4v) is 2.92. The van der Waals surface area contributed by atoms with Gasteiger partial charge in [0.15, 0.2) is 0 Å². The summed E-state index contributed by atoms with van der Waals surface area (Å²) in [4.78, 5) is 12.4. The standard InChI is InChI=1S/C14H14BrF4NO/c15-8-4-6-9(7-5-8)20-13(21)10-2-1-3-11(12(10)16)14(17,18)19/h1-3,8-9H,4-7H2,(H,20,21). The van der Waals surface area contributed by atoms with Gasteiger partial charge in [-0.1, -0.05) is 22.0 Å². The van der Waals surface area contributed by atoms with Crippen molar-refractivity contribution in [2.45, 2.75) is 42.7 Å². The largest absolute Gasteiger partial charge is 0.419 e. The van der Waals surface area contributed by atoms with E-state index in [1.807, 2.05) is 0 Å². The molecule has 1 aromatic carbocycles. The zero-order valence-corrected chi connectivity index (χ0v) is 12.6. The molecule has 21 heavy (non-hydrogen) atoms. The second kappa shape index (κ2) is 6.34. The molecule has 0 bridgehead atoms. The van der Waals surface area contributed by atoms with E-state index in [1.165, 1.54) is 0 Å². The third-order valence-corrected chi connectivity index (χ3v) is 4.46. The van der Waals surface area contributed by atoms with Crippen LogP contribution >= 0.6 is 15.9 Å². The lowest BCUT2D eigenvalue weighted by Crippen LogP contribution is -2.38. The second-order valence-corrected chi connectivity index (χ2v) is 6.38. The van der Waals surface area contributed by atoms with Gasteiger partial charge in [0.1, 0.15) is 5.82 Å². The van der Waals surface area contributed by atoms with E-state index in [2.05, 4.69) is 21.2 Å². The lowest BCUT2D eigenvalue weighted by atomic mass is 9.95. The zero-order valence-electron chi connectivity index (χ0n) is 11.0. The number of carbonyl (C=O) groups is 1. The molecular weight excluding hydrogens is 354 g/mol. The fraction of sp³-hybridized carbons (Fsp3) is 0.500. The van der Waals surface area contributed by atoms with Crippen molar-refractivity contribution in [1.82, 2.24) is 5.32 Å². The van der Waals surface area contributed by atoms with Crippen LogP contribution in [0, 0.1) is 5.82 Å². The molecule has 0 aliphatic heterocycles. The molecule has 1 N–H and O–H groups in total. The lowest BCUT2D eigenvalue weighted by Gasteiger charge is -2.26. The van der Waals surface area contributed by atoms with Crippen molar-refractivity contribution in [3.05, 3.63) is 35.1 Å². The fourth-order valence-electron chi connectivity index (χ4n) is 2.39. The van der Waals surface area contributed by atoms with E-state index in [0.717, 1.165) is 37.8 Å². The molecule has 0 heterocycles. The van der Waals surface area contributed by atoms with Gasteiger partial charge in [0.2, 0.25) is 0 Å². The molecule has 2 nitrogen and oxygen atoms in total. The Hall–Kier alpha value is -1.11. The average Bonchev–Trinajstić information content (AvgIpc) is 2.40. The van der Waals surface area contributed by atoms with Crippen LogP contribution in [0.15, 0.2) is 18.2 Å². The summed E-state index contributed by atoms with van der Waals surface area (Å²) in [5, 5.41) is 2.61. The van der Waals surface area contributed by atoms with Crippen LogP contribution in [0.1, 0.15) is 41.6 Å². The van der Waals surface area contributed by atoms with Crippen LogP contribution in [0.4, 0.5) is 17.6 Å². The first-order valence-electron chi connectivity index (χ1n) is 6.59. The van der Waals surface area contributed by atoms with Crippen LogP contribution < -0.4 is 5.32 Å². The molecule has 1 saturated carbocycles. The highest BCUT2D eigenvalue weighted by atomic mass is 79.9. The second-order valence-electron chi connectivity index (χ2n) is 5.09. The van der Waals surface area contributed by atoms with Crippen LogP contribution in [0.3, 0.4) is 0 Å². The van der Waals surface area contributed by atoms with Gasteiger partial charge >= 0.3 is 6.18 Å². The zero-order chi connectivity index (χ0) is 15.6. The van der Waals surface area contributed by atoms with E-state index >= 15 is 0 Å². The third kappa shape index (κ3) is 3.96. The highest BCUT2D eigenvalue weighted by Crippen LogP contribution is 2.32. The average molecular weight is 368 g/mol. The number of rotatable bonds is 2. The predicted octanol–water partition coefficient (Wildman–Crippen LogP) is 4.28. The summed E-state index contributed by atoms with van der Waals surface area (Å²) in [5.74, 6) is -2.31. The van der Waals surface area contributed by atoms with Gasteiger partial charge in [0.05, 0.1) is 11.1 Å². The van der Waals surface area contributed by atoms with Crippen molar-refractivity contribution >= 4 is 21.8 Å². The van der Waals surface area contributed by atoms with E-state index in [1.54, 1.807) is 0 Å². The van der Waals surface area contributed by atoms with Gasteiger partial charge in [0, 0.05) is 10.9 Å². The molecule has 7 heteroatoms. The topological polar surface area (TPSA) is 29.1 Å². The Bertz CT molecular complexity index is 524. The van der Waals surface area contributed by atoms with E-state index in [4.69, 9.17) is 0 Å². The Balaban J connectivity index is 2.13. The van der Waals surface area contributed by atoms with Crippen molar-refractivity contribution < 1.29 is 22.4 Å². The molecule has 1 amide bonds. The summed E-state index contributed by atoms with van der Waals surface area (Å²) in [7, 11) is 0. The van der Waals surface area contributed by atoms with Crippen molar-refractivity contribution in [2.24, 2.45) is 0 Å². The summed E-state index contributed by atoms with van der Waals surface area (Å²) < 4.78 is 51.7. The number of halogens is 5. The highest BCUT2D eigenvalue weighted by molar-refractivity contribution is 9.09. The first kappa shape index (κ1) is 16.3. The van der Waals surface area contributed by atoms with E-state index in [0.29, 0.717) is 10.9 Å². The summed E-state index contributed by atoms with van der Waals surface area (Å²) in [6, 6.07) is 2.61. The number of carbonyl (C=O) groups excluding carboxylic acids is 1. The molecule has 1 aliphatic rings. The summed E-state index contributed by atoms with van der Waals surface area (Å²) in [5.41, 5.74) is -1.98. The normalized spacial score (nSPS) is 22.9. The van der Waals surface area contributed by atoms with Crippen LogP contribution in [0.2, 0.25) is 0 Å². The van der Waals surface area contributed by atoms with Crippen molar-refractivity contribution in [1.29, 1.82) is 0 Å². The molecule has 1 fully saturated rings. The molecule has 0 aromatic heterocycles. The molecule has 1 aliphatic carbocycles. The number of nitrogens with one attached hydrogen (secondary N) is 1. The number of benzene rings is 1. The molecule has 116 valence electrons. The Morgan fingerprint density at radius 1 is 1.19 bits per heavy atom.